The molecule has 2 unspecified atom stereocenters. The zero-order valence-corrected chi connectivity index (χ0v) is 16.5. The van der Waals surface area contributed by atoms with Gasteiger partial charge in [0, 0.05) is 25.0 Å². The van der Waals surface area contributed by atoms with Gasteiger partial charge in [-0.3, -0.25) is 14.6 Å². The minimum atomic E-state index is -0.316. The van der Waals surface area contributed by atoms with Crippen LogP contribution in [0.4, 0.5) is 0 Å². The molecule has 1 aliphatic carbocycles. The molecule has 2 amide bonds. The van der Waals surface area contributed by atoms with Crippen molar-refractivity contribution in [2.24, 2.45) is 0 Å². The molecule has 1 spiro atoms. The Balaban J connectivity index is 1.39. The van der Waals surface area contributed by atoms with Gasteiger partial charge in [0.15, 0.2) is 0 Å². The molecule has 0 radical (unpaired) electrons. The van der Waals surface area contributed by atoms with Crippen LogP contribution in [0.2, 0.25) is 0 Å². The summed E-state index contributed by atoms with van der Waals surface area (Å²) in [5.74, 6) is -0.329. The van der Waals surface area contributed by atoms with E-state index in [0.29, 0.717) is 25.4 Å². The summed E-state index contributed by atoms with van der Waals surface area (Å²) in [4.78, 5) is 31.8. The average molecular weight is 398 g/mol. The van der Waals surface area contributed by atoms with Crippen LogP contribution in [0.3, 0.4) is 0 Å². The maximum Gasteiger partial charge on any atom is 0.230 e. The first kappa shape index (κ1) is 19.6. The Morgan fingerprint density at radius 3 is 2.90 bits per heavy atom. The van der Waals surface area contributed by atoms with Crippen LogP contribution in [0.15, 0.2) is 41.4 Å². The van der Waals surface area contributed by atoms with E-state index in [-0.39, 0.29) is 35.8 Å². The topological polar surface area (TPSA) is 97.6 Å². The Morgan fingerprint density at radius 2 is 2.24 bits per heavy atom. The molecule has 29 heavy (non-hydrogen) atoms. The molecule has 2 aromatic rings. The summed E-state index contributed by atoms with van der Waals surface area (Å²) in [6.07, 6.45) is 7.80. The third-order valence-corrected chi connectivity index (χ3v) is 6.02. The predicted molar refractivity (Wildman–Crippen MR) is 104 cm³/mol. The quantitative estimate of drug-likeness (QED) is 0.800. The number of rotatable bonds is 6. The minimum absolute atomic E-state index is 0.0778. The van der Waals surface area contributed by atoms with Crippen molar-refractivity contribution >= 4 is 11.8 Å². The summed E-state index contributed by atoms with van der Waals surface area (Å²) in [5, 5.41) is 6.60. The molecule has 0 aromatic carbocycles. The van der Waals surface area contributed by atoms with Gasteiger partial charge >= 0.3 is 0 Å². The Morgan fingerprint density at radius 1 is 1.38 bits per heavy atom. The van der Waals surface area contributed by atoms with Crippen LogP contribution in [-0.4, -0.2) is 51.6 Å². The van der Waals surface area contributed by atoms with Crippen molar-refractivity contribution in [3.63, 3.8) is 0 Å². The first-order valence-electron chi connectivity index (χ1n) is 10.1. The number of carbonyl (C=O) groups is 2. The van der Waals surface area contributed by atoms with E-state index in [2.05, 4.69) is 15.5 Å². The number of nitrogens with zero attached hydrogens (tertiary/aromatic N) is 3. The molecule has 8 heteroatoms. The molecule has 2 atom stereocenters. The molecule has 2 fully saturated rings. The van der Waals surface area contributed by atoms with Crippen molar-refractivity contribution in [2.75, 3.05) is 13.2 Å². The fraction of sp³-hybridized carbons (Fsp3) is 0.524. The van der Waals surface area contributed by atoms with Crippen molar-refractivity contribution in [2.45, 2.75) is 56.7 Å². The van der Waals surface area contributed by atoms with E-state index in [0.717, 1.165) is 24.8 Å². The van der Waals surface area contributed by atoms with Crippen LogP contribution >= 0.6 is 0 Å². The molecule has 2 aromatic heterocycles. The van der Waals surface area contributed by atoms with E-state index in [1.165, 1.54) is 6.26 Å². The van der Waals surface area contributed by atoms with Crippen LogP contribution < -0.4 is 5.32 Å². The highest BCUT2D eigenvalue weighted by Gasteiger charge is 2.49. The number of pyridine rings is 1. The van der Waals surface area contributed by atoms with Gasteiger partial charge in [-0.15, -0.1) is 0 Å². The van der Waals surface area contributed by atoms with E-state index in [9.17, 15) is 9.59 Å². The van der Waals surface area contributed by atoms with Gasteiger partial charge in [-0.25, -0.2) is 0 Å². The van der Waals surface area contributed by atoms with E-state index in [1.54, 1.807) is 18.5 Å². The second-order valence-corrected chi connectivity index (χ2v) is 7.94. The molecular formula is C21H26N4O4. The lowest BCUT2D eigenvalue weighted by Crippen LogP contribution is -2.65. The van der Waals surface area contributed by atoms with Crippen LogP contribution in [0.1, 0.15) is 49.8 Å². The van der Waals surface area contributed by atoms with Gasteiger partial charge in [-0.2, -0.15) is 0 Å². The zero-order chi connectivity index (χ0) is 20.3. The largest absolute Gasteiger partial charge is 0.373 e. The monoisotopic (exact) mass is 398 g/mol. The number of morpholine rings is 1. The number of carbonyl (C=O) groups excluding carboxylic acids is 2. The fourth-order valence-electron chi connectivity index (χ4n) is 4.05. The molecule has 0 bridgehead atoms. The van der Waals surface area contributed by atoms with E-state index in [1.807, 2.05) is 24.0 Å². The summed E-state index contributed by atoms with van der Waals surface area (Å²) >= 11 is 0. The van der Waals surface area contributed by atoms with Crippen molar-refractivity contribution in [1.29, 1.82) is 0 Å². The molecule has 1 aliphatic heterocycles. The third kappa shape index (κ3) is 4.17. The lowest BCUT2D eigenvalue weighted by Gasteiger charge is -2.55. The number of hydrogen-bond acceptors (Lipinski definition) is 6. The molecule has 4 rings (SSSR count). The molecule has 8 nitrogen and oxygen atoms in total. The Bertz CT molecular complexity index is 836. The summed E-state index contributed by atoms with van der Waals surface area (Å²) in [7, 11) is 0. The highest BCUT2D eigenvalue weighted by molar-refractivity contribution is 5.84. The van der Waals surface area contributed by atoms with Gasteiger partial charge in [0.05, 0.1) is 37.1 Å². The number of aromatic nitrogens is 2. The van der Waals surface area contributed by atoms with Crippen LogP contribution in [0, 0.1) is 0 Å². The fourth-order valence-corrected chi connectivity index (χ4v) is 4.05. The van der Waals surface area contributed by atoms with E-state index in [4.69, 9.17) is 9.26 Å². The van der Waals surface area contributed by atoms with Gasteiger partial charge in [-0.1, -0.05) is 11.2 Å². The highest BCUT2D eigenvalue weighted by Crippen LogP contribution is 2.42. The number of hydrogen-bond donors (Lipinski definition) is 1. The first-order chi connectivity index (χ1) is 14.1. The molecule has 1 saturated heterocycles. The summed E-state index contributed by atoms with van der Waals surface area (Å²) in [5.41, 5.74) is 1.35. The lowest BCUT2D eigenvalue weighted by atomic mass is 9.74. The van der Waals surface area contributed by atoms with E-state index < -0.39 is 0 Å². The standard InChI is InChI=1S/C21H26N4O4/c1-15(16-4-2-8-22-11-16)20(27)25-13-18(28-14-21(25)6-3-7-21)10-19(26)23-12-17-5-9-29-24-17/h2,4-5,8-9,11,15,18H,3,6-7,10,12-14H2,1H3,(H,23,26). The van der Waals surface area contributed by atoms with Gasteiger partial charge in [0.2, 0.25) is 11.8 Å². The lowest BCUT2D eigenvalue weighted by molar-refractivity contribution is -0.173. The van der Waals surface area contributed by atoms with E-state index >= 15 is 0 Å². The van der Waals surface area contributed by atoms with Gasteiger partial charge in [0.25, 0.3) is 0 Å². The summed E-state index contributed by atoms with van der Waals surface area (Å²) in [6.45, 7) is 3.15. The first-order valence-corrected chi connectivity index (χ1v) is 10.1. The molecule has 1 N–H and O–H groups in total. The van der Waals surface area contributed by atoms with Gasteiger partial charge in [-0.05, 0) is 37.8 Å². The summed E-state index contributed by atoms with van der Waals surface area (Å²) < 4.78 is 10.8. The maximum atomic E-state index is 13.3. The van der Waals surface area contributed by atoms with Crippen molar-refractivity contribution in [3.05, 3.63) is 48.1 Å². The minimum Gasteiger partial charge on any atom is -0.373 e. The Kier molecular flexibility index (Phi) is 5.62. The second kappa shape index (κ2) is 8.32. The number of ether oxygens (including phenoxy) is 1. The van der Waals surface area contributed by atoms with Crippen molar-refractivity contribution in [3.8, 4) is 0 Å². The predicted octanol–water partition coefficient (Wildman–Crippen LogP) is 2.03. The highest BCUT2D eigenvalue weighted by atomic mass is 16.5. The smallest absolute Gasteiger partial charge is 0.230 e. The van der Waals surface area contributed by atoms with Crippen molar-refractivity contribution in [1.82, 2.24) is 20.4 Å². The third-order valence-electron chi connectivity index (χ3n) is 6.02. The van der Waals surface area contributed by atoms with Gasteiger partial charge < -0.3 is 19.5 Å². The molecule has 3 heterocycles. The van der Waals surface area contributed by atoms with Crippen molar-refractivity contribution < 1.29 is 18.8 Å². The number of nitrogens with one attached hydrogen (secondary N) is 1. The normalized spacial score (nSPS) is 21.4. The van der Waals surface area contributed by atoms with Gasteiger partial charge in [0.1, 0.15) is 12.0 Å². The molecule has 1 saturated carbocycles. The SMILES string of the molecule is CC(C(=O)N1CC(CC(=O)NCc2ccon2)OCC12CCC2)c1cccnc1. The molecule has 2 aliphatic rings. The Labute approximate surface area is 169 Å². The van der Waals surface area contributed by atoms with Crippen LogP contribution in [-0.2, 0) is 20.9 Å². The molecule has 154 valence electrons. The maximum absolute atomic E-state index is 13.3. The summed E-state index contributed by atoms with van der Waals surface area (Å²) in [6, 6.07) is 5.48. The van der Waals surface area contributed by atoms with Crippen LogP contribution in [0.25, 0.3) is 0 Å². The average Bonchev–Trinajstić information content (AvgIpc) is 3.24. The zero-order valence-electron chi connectivity index (χ0n) is 16.5. The van der Waals surface area contributed by atoms with Crippen LogP contribution in [0.5, 0.6) is 0 Å². The second-order valence-electron chi connectivity index (χ2n) is 7.94. The number of amides is 2. The Hall–Kier alpha value is -2.74. The molecular weight excluding hydrogens is 372 g/mol.